The van der Waals surface area contributed by atoms with E-state index in [-0.39, 0.29) is 30.3 Å². The van der Waals surface area contributed by atoms with E-state index in [2.05, 4.69) is 26.1 Å². The number of ether oxygens (including phenoxy) is 1. The van der Waals surface area contributed by atoms with Gasteiger partial charge in [0.05, 0.1) is 18.6 Å². The zero-order valence-electron chi connectivity index (χ0n) is 13.9. The maximum atomic E-state index is 12.5. The molecule has 3 atom stereocenters. The van der Waals surface area contributed by atoms with E-state index in [0.717, 1.165) is 19.3 Å². The van der Waals surface area contributed by atoms with E-state index in [4.69, 9.17) is 9.84 Å². The Balaban J connectivity index is 2.75. The van der Waals surface area contributed by atoms with E-state index in [1.54, 1.807) is 6.92 Å². The Hall–Kier alpha value is -1.10. The molecule has 1 saturated carbocycles. The monoisotopic (exact) mass is 299 g/mol. The first-order valence-corrected chi connectivity index (χ1v) is 7.60. The molecule has 1 aliphatic carbocycles. The molecular weight excluding hydrogens is 270 g/mol. The lowest BCUT2D eigenvalue weighted by Crippen LogP contribution is -2.53. The third-order valence-electron chi connectivity index (χ3n) is 4.19. The van der Waals surface area contributed by atoms with Gasteiger partial charge in [0.25, 0.3) is 0 Å². The van der Waals surface area contributed by atoms with Crippen LogP contribution in [0.25, 0.3) is 0 Å². The lowest BCUT2D eigenvalue weighted by molar-refractivity contribution is -0.140. The van der Waals surface area contributed by atoms with E-state index in [0.29, 0.717) is 5.92 Å². The number of hydrogen-bond acceptors (Lipinski definition) is 3. The number of rotatable bonds is 6. The van der Waals surface area contributed by atoms with Crippen LogP contribution < -0.4 is 5.32 Å². The van der Waals surface area contributed by atoms with Crippen molar-refractivity contribution in [2.75, 3.05) is 13.7 Å². The van der Waals surface area contributed by atoms with Crippen LogP contribution in [0.15, 0.2) is 0 Å². The number of amides is 1. The number of aliphatic carboxylic acids is 1. The minimum Gasteiger partial charge on any atom is -0.481 e. The van der Waals surface area contributed by atoms with E-state index >= 15 is 0 Å². The van der Waals surface area contributed by atoms with Crippen molar-refractivity contribution in [1.29, 1.82) is 0 Å². The molecule has 0 bridgehead atoms. The van der Waals surface area contributed by atoms with Gasteiger partial charge in [-0.3, -0.25) is 9.59 Å². The Morgan fingerprint density at radius 2 is 2.00 bits per heavy atom. The quantitative estimate of drug-likeness (QED) is 0.790. The first kappa shape index (κ1) is 18.0. The van der Waals surface area contributed by atoms with Crippen LogP contribution in [-0.2, 0) is 14.3 Å². The van der Waals surface area contributed by atoms with Gasteiger partial charge in [-0.15, -0.1) is 0 Å². The van der Waals surface area contributed by atoms with Crippen molar-refractivity contribution in [2.24, 2.45) is 17.3 Å². The Morgan fingerprint density at radius 3 is 2.48 bits per heavy atom. The van der Waals surface area contributed by atoms with Crippen molar-refractivity contribution in [3.63, 3.8) is 0 Å². The van der Waals surface area contributed by atoms with Crippen molar-refractivity contribution >= 4 is 11.9 Å². The molecule has 1 fully saturated rings. The number of carboxylic acid groups (broad SMARTS) is 1. The van der Waals surface area contributed by atoms with Crippen LogP contribution in [-0.4, -0.2) is 36.2 Å². The predicted molar refractivity (Wildman–Crippen MR) is 81.0 cm³/mol. The summed E-state index contributed by atoms with van der Waals surface area (Å²) in [4.78, 5) is 23.5. The van der Waals surface area contributed by atoms with Gasteiger partial charge in [-0.1, -0.05) is 20.8 Å². The molecule has 1 rings (SSSR count). The van der Waals surface area contributed by atoms with Crippen molar-refractivity contribution in [3.05, 3.63) is 0 Å². The first-order chi connectivity index (χ1) is 9.57. The number of hydrogen-bond donors (Lipinski definition) is 2. The van der Waals surface area contributed by atoms with Gasteiger partial charge in [-0.2, -0.15) is 0 Å². The van der Waals surface area contributed by atoms with Gasteiger partial charge in [-0.05, 0) is 37.5 Å². The van der Waals surface area contributed by atoms with E-state index in [1.165, 1.54) is 7.11 Å². The second kappa shape index (κ2) is 6.77. The molecule has 5 heteroatoms. The molecule has 0 heterocycles. The average molecular weight is 299 g/mol. The van der Waals surface area contributed by atoms with Gasteiger partial charge in [0.2, 0.25) is 5.91 Å². The summed E-state index contributed by atoms with van der Waals surface area (Å²) in [6, 6.07) is 0. The highest BCUT2D eigenvalue weighted by Crippen LogP contribution is 2.41. The van der Waals surface area contributed by atoms with Crippen molar-refractivity contribution in [3.8, 4) is 0 Å². The summed E-state index contributed by atoms with van der Waals surface area (Å²) in [5.41, 5.74) is -0.702. The van der Waals surface area contributed by atoms with Crippen LogP contribution in [0.2, 0.25) is 0 Å². The number of carboxylic acids is 1. The molecule has 0 spiro atoms. The molecule has 122 valence electrons. The maximum Gasteiger partial charge on any atom is 0.305 e. The molecule has 1 amide bonds. The molecule has 0 aliphatic heterocycles. The molecule has 5 nitrogen and oxygen atoms in total. The van der Waals surface area contributed by atoms with Gasteiger partial charge in [0, 0.05) is 13.0 Å². The molecular formula is C16H29NO4. The molecule has 21 heavy (non-hydrogen) atoms. The third-order valence-corrected chi connectivity index (χ3v) is 4.19. The fourth-order valence-electron chi connectivity index (χ4n) is 3.73. The van der Waals surface area contributed by atoms with Gasteiger partial charge in [0.15, 0.2) is 0 Å². The largest absolute Gasteiger partial charge is 0.481 e. The second-order valence-corrected chi connectivity index (χ2v) is 7.66. The van der Waals surface area contributed by atoms with Crippen LogP contribution >= 0.6 is 0 Å². The third kappa shape index (κ3) is 5.65. The number of methoxy groups -OCH3 is 1. The molecule has 0 saturated heterocycles. The minimum atomic E-state index is -0.938. The predicted octanol–water partition coefficient (Wildman–Crippen LogP) is 2.44. The summed E-state index contributed by atoms with van der Waals surface area (Å²) in [5, 5.41) is 11.9. The van der Waals surface area contributed by atoms with Gasteiger partial charge in [-0.25, -0.2) is 0 Å². The lowest BCUT2D eigenvalue weighted by atomic mass is 9.67. The smallest absolute Gasteiger partial charge is 0.305 e. The Kier molecular flexibility index (Phi) is 5.79. The molecule has 2 N–H and O–H groups in total. The molecule has 3 unspecified atom stereocenters. The van der Waals surface area contributed by atoms with Crippen molar-refractivity contribution in [1.82, 2.24) is 5.32 Å². The standard InChI is InChI=1S/C16H29NO4/c1-11-6-12(8-15(2,3)7-11)14(20)17-16(4,10-21-5)9-13(18)19/h11-12H,6-10H2,1-5H3,(H,17,20)(H,18,19). The van der Waals surface area contributed by atoms with E-state index in [9.17, 15) is 9.59 Å². The summed E-state index contributed by atoms with van der Waals surface area (Å²) in [6.45, 7) is 8.46. The summed E-state index contributed by atoms with van der Waals surface area (Å²) in [7, 11) is 1.51. The average Bonchev–Trinajstić information content (AvgIpc) is 2.24. The SMILES string of the molecule is COCC(C)(CC(=O)O)NC(=O)C1CC(C)CC(C)(C)C1. The molecule has 0 aromatic carbocycles. The van der Waals surface area contributed by atoms with Gasteiger partial charge in [0.1, 0.15) is 0 Å². The Bertz CT molecular complexity index is 394. The number of carbonyl (C=O) groups excluding carboxylic acids is 1. The van der Waals surface area contributed by atoms with Crippen LogP contribution in [0.4, 0.5) is 0 Å². The van der Waals surface area contributed by atoms with E-state index < -0.39 is 11.5 Å². The summed E-state index contributed by atoms with van der Waals surface area (Å²) < 4.78 is 5.08. The maximum absolute atomic E-state index is 12.5. The van der Waals surface area contributed by atoms with Gasteiger partial charge < -0.3 is 15.2 Å². The van der Waals surface area contributed by atoms with Crippen LogP contribution in [0, 0.1) is 17.3 Å². The number of carbonyl (C=O) groups is 2. The normalized spacial score (nSPS) is 27.7. The first-order valence-electron chi connectivity index (χ1n) is 7.60. The van der Waals surface area contributed by atoms with Gasteiger partial charge >= 0.3 is 5.97 Å². The fraction of sp³-hybridized carbons (Fsp3) is 0.875. The van der Waals surface area contributed by atoms with Crippen LogP contribution in [0.5, 0.6) is 0 Å². The van der Waals surface area contributed by atoms with Crippen LogP contribution in [0.1, 0.15) is 53.4 Å². The highest BCUT2D eigenvalue weighted by Gasteiger charge is 2.38. The zero-order chi connectivity index (χ0) is 16.3. The van der Waals surface area contributed by atoms with Crippen molar-refractivity contribution in [2.45, 2.75) is 58.9 Å². The highest BCUT2D eigenvalue weighted by molar-refractivity contribution is 5.80. The molecule has 1 aliphatic rings. The topological polar surface area (TPSA) is 75.6 Å². The molecule has 0 aromatic rings. The van der Waals surface area contributed by atoms with E-state index in [1.807, 2.05) is 0 Å². The Labute approximate surface area is 127 Å². The summed E-state index contributed by atoms with van der Waals surface area (Å²) in [5.74, 6) is -0.519. The summed E-state index contributed by atoms with van der Waals surface area (Å²) >= 11 is 0. The Morgan fingerprint density at radius 1 is 1.38 bits per heavy atom. The minimum absolute atomic E-state index is 0.0459. The lowest BCUT2D eigenvalue weighted by Gasteiger charge is -2.40. The van der Waals surface area contributed by atoms with Crippen LogP contribution in [0.3, 0.4) is 0 Å². The number of nitrogens with one attached hydrogen (secondary N) is 1. The van der Waals surface area contributed by atoms with Crippen molar-refractivity contribution < 1.29 is 19.4 Å². The molecule has 0 aromatic heterocycles. The fourth-order valence-corrected chi connectivity index (χ4v) is 3.73. The second-order valence-electron chi connectivity index (χ2n) is 7.66. The molecule has 0 radical (unpaired) electrons. The highest BCUT2D eigenvalue weighted by atomic mass is 16.5. The zero-order valence-corrected chi connectivity index (χ0v) is 13.9. The summed E-state index contributed by atoms with van der Waals surface area (Å²) in [6.07, 6.45) is 2.70.